The standard InChI is InChI=1S/C21H22F3N3O4/c1-25-16-9-8-14(10-15(16)21(22,23)24)12-4-6-13(7-5-12)20(31)27(3)18(17(29)11-28)19(30)26-2/h4-10,18,25,28H,11H2,1-3H3,(H,26,30). The van der Waals surface area contributed by atoms with Crippen LogP contribution in [0.25, 0.3) is 11.1 Å². The van der Waals surface area contributed by atoms with Gasteiger partial charge in [0.15, 0.2) is 11.8 Å². The highest BCUT2D eigenvalue weighted by Gasteiger charge is 2.34. The molecule has 2 rings (SSSR count). The number of nitrogens with zero attached hydrogens (tertiary/aromatic N) is 1. The summed E-state index contributed by atoms with van der Waals surface area (Å²) >= 11 is 0. The van der Waals surface area contributed by atoms with Crippen molar-refractivity contribution in [2.75, 3.05) is 33.1 Å². The van der Waals surface area contributed by atoms with Gasteiger partial charge in [0.1, 0.15) is 6.61 Å². The Kier molecular flexibility index (Phi) is 7.40. The van der Waals surface area contributed by atoms with Crippen molar-refractivity contribution in [3.63, 3.8) is 0 Å². The Hall–Kier alpha value is -3.40. The first kappa shape index (κ1) is 23.9. The first-order valence-corrected chi connectivity index (χ1v) is 9.16. The summed E-state index contributed by atoms with van der Waals surface area (Å²) in [5.41, 5.74) is -0.00501. The first-order valence-electron chi connectivity index (χ1n) is 9.16. The van der Waals surface area contributed by atoms with E-state index in [1.165, 1.54) is 57.5 Å². The molecule has 166 valence electrons. The minimum absolute atomic E-state index is 0.0570. The number of nitrogens with one attached hydrogen (secondary N) is 2. The summed E-state index contributed by atoms with van der Waals surface area (Å²) in [5.74, 6) is -2.27. The minimum atomic E-state index is -4.54. The lowest BCUT2D eigenvalue weighted by molar-refractivity contribution is -0.137. The molecule has 2 aromatic rings. The van der Waals surface area contributed by atoms with Crippen LogP contribution in [0.1, 0.15) is 15.9 Å². The lowest BCUT2D eigenvalue weighted by Crippen LogP contribution is -2.52. The van der Waals surface area contributed by atoms with E-state index in [4.69, 9.17) is 5.11 Å². The van der Waals surface area contributed by atoms with Gasteiger partial charge < -0.3 is 20.6 Å². The number of carbonyl (C=O) groups is 3. The van der Waals surface area contributed by atoms with E-state index in [0.717, 1.165) is 11.0 Å². The molecular formula is C21H22F3N3O4. The van der Waals surface area contributed by atoms with Crippen LogP contribution in [0.15, 0.2) is 42.5 Å². The minimum Gasteiger partial charge on any atom is -0.388 e. The van der Waals surface area contributed by atoms with Crippen molar-refractivity contribution in [3.8, 4) is 11.1 Å². The summed E-state index contributed by atoms with van der Waals surface area (Å²) < 4.78 is 39.9. The molecule has 1 unspecified atom stereocenters. The Morgan fingerprint density at radius 2 is 1.61 bits per heavy atom. The number of benzene rings is 2. The normalized spacial score (nSPS) is 12.1. The van der Waals surface area contributed by atoms with Gasteiger partial charge in [0.05, 0.1) is 5.56 Å². The van der Waals surface area contributed by atoms with E-state index in [1.807, 2.05) is 0 Å². The number of carbonyl (C=O) groups excluding carboxylic acids is 3. The van der Waals surface area contributed by atoms with E-state index in [0.29, 0.717) is 11.1 Å². The predicted molar refractivity (Wildman–Crippen MR) is 108 cm³/mol. The maximum atomic E-state index is 13.3. The van der Waals surface area contributed by atoms with Gasteiger partial charge in [-0.2, -0.15) is 13.2 Å². The zero-order valence-corrected chi connectivity index (χ0v) is 17.1. The van der Waals surface area contributed by atoms with Gasteiger partial charge in [-0.1, -0.05) is 18.2 Å². The third-order valence-electron chi connectivity index (χ3n) is 4.72. The number of aliphatic hydroxyl groups excluding tert-OH is 1. The van der Waals surface area contributed by atoms with Crippen LogP contribution < -0.4 is 10.6 Å². The van der Waals surface area contributed by atoms with Crippen LogP contribution in [0.2, 0.25) is 0 Å². The molecule has 1 atom stereocenters. The number of rotatable bonds is 7. The quantitative estimate of drug-likeness (QED) is 0.577. The Bertz CT molecular complexity index is 959. The Balaban J connectivity index is 2.34. The van der Waals surface area contributed by atoms with Gasteiger partial charge in [-0.05, 0) is 35.4 Å². The van der Waals surface area contributed by atoms with E-state index < -0.39 is 42.0 Å². The lowest BCUT2D eigenvalue weighted by atomic mass is 10.00. The Morgan fingerprint density at radius 1 is 1.03 bits per heavy atom. The van der Waals surface area contributed by atoms with Crippen molar-refractivity contribution in [1.29, 1.82) is 0 Å². The monoisotopic (exact) mass is 437 g/mol. The number of aliphatic hydroxyl groups is 1. The topological polar surface area (TPSA) is 98.7 Å². The van der Waals surface area contributed by atoms with Gasteiger partial charge in [-0.3, -0.25) is 14.4 Å². The van der Waals surface area contributed by atoms with Crippen molar-refractivity contribution in [3.05, 3.63) is 53.6 Å². The number of ketones is 1. The zero-order valence-electron chi connectivity index (χ0n) is 17.1. The summed E-state index contributed by atoms with van der Waals surface area (Å²) in [4.78, 5) is 37.4. The van der Waals surface area contributed by atoms with Crippen LogP contribution >= 0.6 is 0 Å². The molecule has 2 aromatic carbocycles. The second-order valence-corrected chi connectivity index (χ2v) is 6.64. The molecule has 3 N–H and O–H groups in total. The van der Waals surface area contributed by atoms with Crippen LogP contribution in [-0.2, 0) is 15.8 Å². The number of amides is 2. The molecule has 0 radical (unpaired) electrons. The van der Waals surface area contributed by atoms with Crippen LogP contribution in [-0.4, -0.2) is 61.4 Å². The number of hydrogen-bond donors (Lipinski definition) is 3. The fourth-order valence-corrected chi connectivity index (χ4v) is 3.06. The molecule has 31 heavy (non-hydrogen) atoms. The lowest BCUT2D eigenvalue weighted by Gasteiger charge is -2.25. The van der Waals surface area contributed by atoms with Gasteiger partial charge in [0.25, 0.3) is 5.91 Å². The molecule has 10 heteroatoms. The smallest absolute Gasteiger partial charge is 0.388 e. The molecule has 7 nitrogen and oxygen atoms in total. The molecule has 0 aromatic heterocycles. The van der Waals surface area contributed by atoms with E-state index in [9.17, 15) is 27.6 Å². The molecule has 0 aliphatic heterocycles. The summed E-state index contributed by atoms with van der Waals surface area (Å²) in [6.45, 7) is -0.918. The van der Waals surface area contributed by atoms with Gasteiger partial charge in [0.2, 0.25) is 5.91 Å². The van der Waals surface area contributed by atoms with E-state index in [1.54, 1.807) is 0 Å². The van der Waals surface area contributed by atoms with Gasteiger partial charge in [-0.15, -0.1) is 0 Å². The largest absolute Gasteiger partial charge is 0.418 e. The zero-order chi connectivity index (χ0) is 23.3. The maximum Gasteiger partial charge on any atom is 0.418 e. The van der Waals surface area contributed by atoms with Crippen LogP contribution in [0.3, 0.4) is 0 Å². The highest BCUT2D eigenvalue weighted by Crippen LogP contribution is 2.37. The van der Waals surface area contributed by atoms with Crippen molar-refractivity contribution in [2.45, 2.75) is 12.2 Å². The molecule has 0 aliphatic rings. The van der Waals surface area contributed by atoms with Crippen molar-refractivity contribution in [2.24, 2.45) is 0 Å². The maximum absolute atomic E-state index is 13.3. The van der Waals surface area contributed by atoms with E-state index in [-0.39, 0.29) is 11.3 Å². The predicted octanol–water partition coefficient (Wildman–Crippen LogP) is 2.16. The first-order chi connectivity index (χ1) is 14.5. The SMILES string of the molecule is CNC(=O)C(C(=O)CO)N(C)C(=O)c1ccc(-c2ccc(NC)c(C(F)(F)F)c2)cc1. The van der Waals surface area contributed by atoms with Crippen molar-refractivity contribution >= 4 is 23.3 Å². The summed E-state index contributed by atoms with van der Waals surface area (Å²) in [6, 6.07) is 8.05. The highest BCUT2D eigenvalue weighted by atomic mass is 19.4. The molecule has 0 aliphatic carbocycles. The number of halogens is 3. The second-order valence-electron chi connectivity index (χ2n) is 6.64. The summed E-state index contributed by atoms with van der Waals surface area (Å²) in [5, 5.41) is 13.8. The average molecular weight is 437 g/mol. The molecular weight excluding hydrogens is 415 g/mol. The van der Waals surface area contributed by atoms with E-state index in [2.05, 4.69) is 10.6 Å². The van der Waals surface area contributed by atoms with E-state index >= 15 is 0 Å². The van der Waals surface area contributed by atoms with Crippen molar-refractivity contribution in [1.82, 2.24) is 10.2 Å². The summed E-state index contributed by atoms with van der Waals surface area (Å²) in [6.07, 6.45) is -4.54. The molecule has 0 bridgehead atoms. The number of hydrogen-bond acceptors (Lipinski definition) is 5. The van der Waals surface area contributed by atoms with Gasteiger partial charge in [0, 0.05) is 32.4 Å². The van der Waals surface area contributed by atoms with Crippen molar-refractivity contribution < 1.29 is 32.7 Å². The third-order valence-corrected chi connectivity index (χ3v) is 4.72. The molecule has 0 fully saturated rings. The van der Waals surface area contributed by atoms with Crippen LogP contribution in [0.4, 0.5) is 18.9 Å². The molecule has 0 spiro atoms. The summed E-state index contributed by atoms with van der Waals surface area (Å²) in [7, 11) is 3.94. The average Bonchev–Trinajstić information content (AvgIpc) is 2.77. The fraction of sp³-hybridized carbons (Fsp3) is 0.286. The van der Waals surface area contributed by atoms with Crippen LogP contribution in [0, 0.1) is 0 Å². The number of anilines is 1. The molecule has 2 amide bonds. The third kappa shape index (κ3) is 5.21. The fourth-order valence-electron chi connectivity index (χ4n) is 3.06. The number of Topliss-reactive ketones (excluding diaryl/α,β-unsaturated/α-hetero) is 1. The molecule has 0 heterocycles. The van der Waals surface area contributed by atoms with Gasteiger partial charge >= 0.3 is 6.18 Å². The second kappa shape index (κ2) is 9.61. The molecule has 0 saturated heterocycles. The van der Waals surface area contributed by atoms with Gasteiger partial charge in [-0.25, -0.2) is 0 Å². The molecule has 0 saturated carbocycles. The number of likely N-dealkylation sites (N-methyl/N-ethyl adjacent to an activating group) is 2. The highest BCUT2D eigenvalue weighted by molar-refractivity contribution is 6.10. The number of alkyl halides is 3. The Labute approximate surface area is 176 Å². The van der Waals surface area contributed by atoms with Crippen LogP contribution in [0.5, 0.6) is 0 Å². The Morgan fingerprint density at radius 3 is 2.10 bits per heavy atom.